The molecule has 6 heteroatoms. The lowest BCUT2D eigenvalue weighted by Crippen LogP contribution is -3.11. The van der Waals surface area contributed by atoms with Crippen LogP contribution in [0.1, 0.15) is 23.8 Å². The normalized spacial score (nSPS) is 23.4. The van der Waals surface area contributed by atoms with Crippen LogP contribution in [0.2, 0.25) is 0 Å². The number of piperazine rings is 1. The lowest BCUT2D eigenvalue weighted by atomic mass is 10.2. The highest BCUT2D eigenvalue weighted by Crippen LogP contribution is 2.23. The SMILES string of the molecule is O=C(C[NH+]1CCC[C@H]1c1cccs1)N1CCN(c2ccc(O)cc2)CC1. The molecule has 26 heavy (non-hydrogen) atoms. The van der Waals surface area contributed by atoms with Crippen LogP contribution in [0.5, 0.6) is 5.75 Å². The van der Waals surface area contributed by atoms with Crippen LogP contribution in [0, 0.1) is 0 Å². The fraction of sp³-hybridized carbons (Fsp3) is 0.450. The van der Waals surface area contributed by atoms with Gasteiger partial charge in [-0.05, 0) is 35.7 Å². The van der Waals surface area contributed by atoms with Gasteiger partial charge in [-0.15, -0.1) is 11.3 Å². The number of rotatable bonds is 4. The number of benzene rings is 1. The Hall–Kier alpha value is -2.05. The first-order valence-corrected chi connectivity index (χ1v) is 10.3. The Balaban J connectivity index is 1.31. The standard InChI is InChI=1S/C20H25N3O2S/c24-17-7-5-16(6-8-17)21-10-12-22(13-11-21)20(25)15-23-9-1-3-18(23)19-4-2-14-26-19/h2,4-8,14,18,24H,1,3,9-13,15H2/p+1/t18-/m0/s1. The number of carbonyl (C=O) groups excluding carboxylic acids is 1. The predicted octanol–water partition coefficient (Wildman–Crippen LogP) is 1.52. The van der Waals surface area contributed by atoms with Gasteiger partial charge in [0.15, 0.2) is 6.54 Å². The van der Waals surface area contributed by atoms with Crippen LogP contribution >= 0.6 is 11.3 Å². The number of phenols is 1. The molecule has 2 aromatic rings. The molecule has 2 N–H and O–H groups in total. The molecule has 138 valence electrons. The third-order valence-electron chi connectivity index (χ3n) is 5.60. The molecule has 0 spiro atoms. The highest BCUT2D eigenvalue weighted by Gasteiger charge is 2.34. The number of nitrogens with one attached hydrogen (secondary N) is 1. The Morgan fingerprint density at radius 3 is 2.62 bits per heavy atom. The molecule has 2 aliphatic heterocycles. The van der Waals surface area contributed by atoms with Crippen molar-refractivity contribution < 1.29 is 14.8 Å². The number of phenolic OH excluding ortho intramolecular Hbond substituents is 1. The van der Waals surface area contributed by atoms with Crippen LogP contribution in [0.15, 0.2) is 41.8 Å². The van der Waals surface area contributed by atoms with E-state index in [2.05, 4.69) is 22.4 Å². The molecular formula is C20H26N3O2S+. The van der Waals surface area contributed by atoms with Gasteiger partial charge in [-0.25, -0.2) is 0 Å². The lowest BCUT2D eigenvalue weighted by molar-refractivity contribution is -0.910. The van der Waals surface area contributed by atoms with E-state index in [1.807, 2.05) is 28.4 Å². The summed E-state index contributed by atoms with van der Waals surface area (Å²) < 4.78 is 0. The Morgan fingerprint density at radius 2 is 1.92 bits per heavy atom. The molecule has 2 atom stereocenters. The summed E-state index contributed by atoms with van der Waals surface area (Å²) in [6.45, 7) is 4.96. The summed E-state index contributed by atoms with van der Waals surface area (Å²) in [6.07, 6.45) is 2.40. The summed E-state index contributed by atoms with van der Waals surface area (Å²) in [6, 6.07) is 12.1. The average Bonchev–Trinajstić information content (AvgIpc) is 3.34. The molecule has 2 saturated heterocycles. The molecule has 0 bridgehead atoms. The van der Waals surface area contributed by atoms with Crippen molar-refractivity contribution in [2.24, 2.45) is 0 Å². The second kappa shape index (κ2) is 7.68. The fourth-order valence-electron chi connectivity index (χ4n) is 4.14. The summed E-state index contributed by atoms with van der Waals surface area (Å²) in [5, 5.41) is 11.6. The molecule has 2 fully saturated rings. The molecule has 1 unspecified atom stereocenters. The summed E-state index contributed by atoms with van der Waals surface area (Å²) in [4.78, 5) is 20.0. The first-order valence-electron chi connectivity index (χ1n) is 9.40. The fourth-order valence-corrected chi connectivity index (χ4v) is 5.06. The largest absolute Gasteiger partial charge is 0.508 e. The number of quaternary nitrogens is 1. The van der Waals surface area contributed by atoms with E-state index in [-0.39, 0.29) is 11.7 Å². The quantitative estimate of drug-likeness (QED) is 0.856. The summed E-state index contributed by atoms with van der Waals surface area (Å²) in [5.41, 5.74) is 1.11. The predicted molar refractivity (Wildman–Crippen MR) is 104 cm³/mol. The zero-order valence-corrected chi connectivity index (χ0v) is 15.8. The van der Waals surface area contributed by atoms with Crippen molar-refractivity contribution in [2.75, 3.05) is 44.2 Å². The Labute approximate surface area is 158 Å². The number of carbonyl (C=O) groups is 1. The monoisotopic (exact) mass is 372 g/mol. The number of amides is 1. The molecule has 5 nitrogen and oxygen atoms in total. The highest BCUT2D eigenvalue weighted by molar-refractivity contribution is 7.10. The number of hydrogen-bond acceptors (Lipinski definition) is 4. The minimum Gasteiger partial charge on any atom is -0.508 e. The van der Waals surface area contributed by atoms with Gasteiger partial charge in [0, 0.05) is 44.7 Å². The van der Waals surface area contributed by atoms with Crippen molar-refractivity contribution >= 4 is 22.9 Å². The molecule has 0 radical (unpaired) electrons. The van der Waals surface area contributed by atoms with E-state index in [0.29, 0.717) is 12.6 Å². The summed E-state index contributed by atoms with van der Waals surface area (Å²) in [7, 11) is 0. The van der Waals surface area contributed by atoms with E-state index < -0.39 is 0 Å². The van der Waals surface area contributed by atoms with Crippen molar-refractivity contribution in [1.29, 1.82) is 0 Å². The van der Waals surface area contributed by atoms with E-state index in [1.54, 1.807) is 12.1 Å². The second-order valence-corrected chi connectivity index (χ2v) is 8.16. The number of nitrogens with zero attached hydrogens (tertiary/aromatic N) is 2. The van der Waals surface area contributed by atoms with Gasteiger partial charge in [-0.3, -0.25) is 4.79 Å². The van der Waals surface area contributed by atoms with Gasteiger partial charge in [-0.2, -0.15) is 0 Å². The summed E-state index contributed by atoms with van der Waals surface area (Å²) in [5.74, 6) is 0.574. The van der Waals surface area contributed by atoms with Gasteiger partial charge in [0.1, 0.15) is 11.8 Å². The topological polar surface area (TPSA) is 48.2 Å². The molecular weight excluding hydrogens is 346 g/mol. The van der Waals surface area contributed by atoms with Crippen molar-refractivity contribution in [3.05, 3.63) is 46.7 Å². The maximum Gasteiger partial charge on any atom is 0.277 e. The van der Waals surface area contributed by atoms with Gasteiger partial charge >= 0.3 is 0 Å². The maximum absolute atomic E-state index is 12.8. The molecule has 2 aliphatic rings. The van der Waals surface area contributed by atoms with Crippen LogP contribution in [-0.2, 0) is 4.79 Å². The summed E-state index contributed by atoms with van der Waals surface area (Å²) >= 11 is 1.82. The molecule has 1 amide bonds. The van der Waals surface area contributed by atoms with Crippen LogP contribution in [0.3, 0.4) is 0 Å². The smallest absolute Gasteiger partial charge is 0.277 e. The number of hydrogen-bond donors (Lipinski definition) is 2. The first kappa shape index (κ1) is 17.4. The van der Waals surface area contributed by atoms with Crippen LogP contribution in [0.25, 0.3) is 0 Å². The van der Waals surface area contributed by atoms with Gasteiger partial charge < -0.3 is 19.8 Å². The van der Waals surface area contributed by atoms with Gasteiger partial charge in [0.2, 0.25) is 0 Å². The number of thiophene rings is 1. The third kappa shape index (κ3) is 3.71. The highest BCUT2D eigenvalue weighted by atomic mass is 32.1. The van der Waals surface area contributed by atoms with E-state index in [1.165, 1.54) is 22.6 Å². The van der Waals surface area contributed by atoms with E-state index >= 15 is 0 Å². The van der Waals surface area contributed by atoms with Gasteiger partial charge in [-0.1, -0.05) is 6.07 Å². The molecule has 4 rings (SSSR count). The molecule has 1 aromatic heterocycles. The number of anilines is 1. The van der Waals surface area contributed by atoms with Crippen LogP contribution in [0.4, 0.5) is 5.69 Å². The second-order valence-electron chi connectivity index (χ2n) is 7.18. The number of likely N-dealkylation sites (tertiary alicyclic amines) is 1. The zero-order chi connectivity index (χ0) is 17.9. The first-order chi connectivity index (χ1) is 12.7. The Kier molecular flexibility index (Phi) is 5.13. The van der Waals surface area contributed by atoms with E-state index in [0.717, 1.165) is 38.4 Å². The third-order valence-corrected chi connectivity index (χ3v) is 6.58. The molecule has 0 saturated carbocycles. The van der Waals surface area contributed by atoms with Gasteiger partial charge in [0.05, 0.1) is 11.4 Å². The molecule has 3 heterocycles. The molecule has 0 aliphatic carbocycles. The van der Waals surface area contributed by atoms with Crippen molar-refractivity contribution in [3.8, 4) is 5.75 Å². The Bertz CT molecular complexity index is 724. The van der Waals surface area contributed by atoms with Crippen LogP contribution in [-0.4, -0.2) is 55.2 Å². The minimum absolute atomic E-state index is 0.286. The Morgan fingerprint density at radius 1 is 1.15 bits per heavy atom. The van der Waals surface area contributed by atoms with Crippen LogP contribution < -0.4 is 9.80 Å². The average molecular weight is 373 g/mol. The van der Waals surface area contributed by atoms with E-state index in [9.17, 15) is 9.90 Å². The van der Waals surface area contributed by atoms with E-state index in [4.69, 9.17) is 0 Å². The van der Waals surface area contributed by atoms with Crippen molar-refractivity contribution in [1.82, 2.24) is 4.90 Å². The van der Waals surface area contributed by atoms with Crippen molar-refractivity contribution in [2.45, 2.75) is 18.9 Å². The van der Waals surface area contributed by atoms with Gasteiger partial charge in [0.25, 0.3) is 5.91 Å². The number of aromatic hydroxyl groups is 1. The zero-order valence-electron chi connectivity index (χ0n) is 14.9. The van der Waals surface area contributed by atoms with Crippen molar-refractivity contribution in [3.63, 3.8) is 0 Å². The molecule has 1 aromatic carbocycles. The maximum atomic E-state index is 12.8. The lowest BCUT2D eigenvalue weighted by Gasteiger charge is -2.36. The minimum atomic E-state index is 0.286.